The number of carbonyl (C=O) groups excluding carboxylic acids is 4. The number of carbonyl (C=O) groups is 4. The first-order valence-corrected chi connectivity index (χ1v) is 9.27. The minimum atomic E-state index is -1.32. The quantitative estimate of drug-likeness (QED) is 0.503. The van der Waals surface area contributed by atoms with Gasteiger partial charge in [-0.2, -0.15) is 0 Å². The lowest BCUT2D eigenvalue weighted by atomic mass is 10.1. The Kier molecular flexibility index (Phi) is 5.19. The number of amides is 4. The third-order valence-electron chi connectivity index (χ3n) is 4.67. The summed E-state index contributed by atoms with van der Waals surface area (Å²) in [7, 11) is 0. The van der Waals surface area contributed by atoms with E-state index in [1.807, 2.05) is 6.07 Å². The summed E-state index contributed by atoms with van der Waals surface area (Å²) in [5.74, 6) is -2.34. The number of carboxylic acids is 1. The molecule has 0 aliphatic carbocycles. The molecule has 0 radical (unpaired) electrons. The maximum atomic E-state index is 12.8. The highest BCUT2D eigenvalue weighted by Gasteiger charge is 2.35. The zero-order chi connectivity index (χ0) is 22.0. The summed E-state index contributed by atoms with van der Waals surface area (Å²) in [5.41, 5.74) is 0.963. The van der Waals surface area contributed by atoms with Crippen molar-refractivity contribution < 1.29 is 28.7 Å². The Balaban J connectivity index is 1.61. The molecule has 8 heteroatoms. The van der Waals surface area contributed by atoms with Crippen molar-refractivity contribution in [3.05, 3.63) is 89.2 Å². The summed E-state index contributed by atoms with van der Waals surface area (Å²) in [5, 5.41) is 13.2. The Labute approximate surface area is 176 Å². The number of nitrogens with one attached hydrogen (secondary N) is 1. The van der Waals surface area contributed by atoms with Gasteiger partial charge in [0, 0.05) is 5.56 Å². The second-order valence-corrected chi connectivity index (χ2v) is 6.76. The maximum Gasteiger partial charge on any atom is 0.331 e. The van der Waals surface area contributed by atoms with E-state index in [1.54, 1.807) is 42.5 Å². The van der Waals surface area contributed by atoms with E-state index in [4.69, 9.17) is 4.42 Å². The number of barbiturate groups is 1. The number of hydrogen-bond acceptors (Lipinski definition) is 6. The average Bonchev–Trinajstić information content (AvgIpc) is 3.24. The van der Waals surface area contributed by atoms with Crippen LogP contribution in [0.4, 0.5) is 4.79 Å². The summed E-state index contributed by atoms with van der Waals surface area (Å²) in [4.78, 5) is 49.2. The van der Waals surface area contributed by atoms with Gasteiger partial charge in [-0.25, -0.2) is 4.79 Å². The van der Waals surface area contributed by atoms with E-state index in [1.165, 1.54) is 24.3 Å². The van der Waals surface area contributed by atoms with Crippen molar-refractivity contribution in [1.29, 1.82) is 0 Å². The number of urea groups is 1. The van der Waals surface area contributed by atoms with Crippen molar-refractivity contribution in [2.24, 2.45) is 0 Å². The first kappa shape index (κ1) is 19.8. The lowest BCUT2D eigenvalue weighted by molar-refractivity contribution is -0.255. The van der Waals surface area contributed by atoms with Crippen LogP contribution in [0.15, 0.2) is 76.7 Å². The number of benzene rings is 2. The van der Waals surface area contributed by atoms with Gasteiger partial charge >= 0.3 is 6.03 Å². The molecule has 1 N–H and O–H groups in total. The van der Waals surface area contributed by atoms with Crippen molar-refractivity contribution in [2.45, 2.75) is 6.54 Å². The Hall–Kier alpha value is -4.46. The minimum absolute atomic E-state index is 0.00860. The molecule has 31 heavy (non-hydrogen) atoms. The van der Waals surface area contributed by atoms with Crippen LogP contribution in [0, 0.1) is 0 Å². The lowest BCUT2D eigenvalue weighted by Crippen LogP contribution is -2.53. The number of carboxylic acid groups (broad SMARTS) is 1. The van der Waals surface area contributed by atoms with Gasteiger partial charge in [-0.1, -0.05) is 48.5 Å². The van der Waals surface area contributed by atoms with E-state index in [0.717, 1.165) is 10.5 Å². The van der Waals surface area contributed by atoms with Crippen LogP contribution >= 0.6 is 0 Å². The number of hydrogen-bond donors (Lipinski definition) is 1. The monoisotopic (exact) mass is 415 g/mol. The molecule has 0 spiro atoms. The zero-order valence-corrected chi connectivity index (χ0v) is 16.0. The van der Waals surface area contributed by atoms with E-state index < -0.39 is 23.8 Å². The predicted octanol–water partition coefficient (Wildman–Crippen LogP) is 1.97. The third kappa shape index (κ3) is 4.13. The van der Waals surface area contributed by atoms with Gasteiger partial charge in [-0.15, -0.1) is 0 Å². The van der Waals surface area contributed by atoms with Gasteiger partial charge in [-0.3, -0.25) is 19.8 Å². The standard InChI is InChI=1S/C23H16N2O6/c26-20-18(21(27)25(23(30)24-20)13-14-5-2-1-3-6-14)12-17-9-10-19(31-17)15-7-4-8-16(11-15)22(28)29/h1-12H,13H2,(H,28,29)(H,24,26,30)/p-1/b18-12+. The van der Waals surface area contributed by atoms with E-state index >= 15 is 0 Å². The largest absolute Gasteiger partial charge is 0.545 e. The summed E-state index contributed by atoms with van der Waals surface area (Å²) >= 11 is 0. The molecule has 154 valence electrons. The first-order valence-electron chi connectivity index (χ1n) is 9.27. The fourth-order valence-corrected chi connectivity index (χ4v) is 3.13. The van der Waals surface area contributed by atoms with Gasteiger partial charge in [0.1, 0.15) is 17.1 Å². The highest BCUT2D eigenvalue weighted by atomic mass is 16.4. The second kappa shape index (κ2) is 8.11. The van der Waals surface area contributed by atoms with Crippen LogP contribution in [-0.4, -0.2) is 28.7 Å². The summed E-state index contributed by atoms with van der Waals surface area (Å²) in [6.45, 7) is 0.00947. The van der Waals surface area contributed by atoms with Crippen LogP contribution in [0.3, 0.4) is 0 Å². The Morgan fingerprint density at radius 2 is 1.77 bits per heavy atom. The van der Waals surface area contributed by atoms with Crippen LogP contribution in [0.5, 0.6) is 0 Å². The molecule has 1 fully saturated rings. The molecule has 0 saturated carbocycles. The van der Waals surface area contributed by atoms with Crippen molar-refractivity contribution in [1.82, 2.24) is 10.2 Å². The number of rotatable bonds is 5. The Morgan fingerprint density at radius 1 is 1.00 bits per heavy atom. The van der Waals surface area contributed by atoms with Crippen LogP contribution in [0.2, 0.25) is 0 Å². The van der Waals surface area contributed by atoms with Crippen molar-refractivity contribution >= 4 is 29.9 Å². The second-order valence-electron chi connectivity index (χ2n) is 6.76. The van der Waals surface area contributed by atoms with E-state index in [2.05, 4.69) is 5.32 Å². The van der Waals surface area contributed by atoms with Crippen molar-refractivity contribution in [3.8, 4) is 11.3 Å². The highest BCUT2D eigenvalue weighted by Crippen LogP contribution is 2.25. The number of nitrogens with zero attached hydrogens (tertiary/aromatic N) is 1. The molecule has 2 heterocycles. The Morgan fingerprint density at radius 3 is 2.52 bits per heavy atom. The van der Waals surface area contributed by atoms with E-state index in [0.29, 0.717) is 11.3 Å². The molecule has 1 aromatic heterocycles. The molecule has 4 amide bonds. The van der Waals surface area contributed by atoms with Crippen LogP contribution in [0.1, 0.15) is 21.7 Å². The number of imide groups is 2. The van der Waals surface area contributed by atoms with E-state index in [-0.39, 0.29) is 23.4 Å². The maximum absolute atomic E-state index is 12.8. The minimum Gasteiger partial charge on any atom is -0.545 e. The van der Waals surface area contributed by atoms with Crippen molar-refractivity contribution in [3.63, 3.8) is 0 Å². The van der Waals surface area contributed by atoms with Crippen LogP contribution in [-0.2, 0) is 16.1 Å². The summed E-state index contributed by atoms with van der Waals surface area (Å²) in [6.07, 6.45) is 1.24. The molecule has 0 atom stereocenters. The predicted molar refractivity (Wildman–Crippen MR) is 107 cm³/mol. The summed E-state index contributed by atoms with van der Waals surface area (Å²) < 4.78 is 5.66. The molecular weight excluding hydrogens is 400 g/mol. The third-order valence-corrected chi connectivity index (χ3v) is 4.67. The Bertz CT molecular complexity index is 1230. The van der Waals surface area contributed by atoms with E-state index in [9.17, 15) is 24.3 Å². The molecule has 1 aliphatic heterocycles. The molecular formula is C23H15N2O6-. The van der Waals surface area contributed by atoms with Crippen LogP contribution < -0.4 is 10.4 Å². The van der Waals surface area contributed by atoms with Crippen LogP contribution in [0.25, 0.3) is 17.4 Å². The zero-order valence-electron chi connectivity index (χ0n) is 16.0. The van der Waals surface area contributed by atoms with Gasteiger partial charge in [-0.05, 0) is 35.4 Å². The smallest absolute Gasteiger partial charge is 0.331 e. The molecule has 4 rings (SSSR count). The normalized spacial score (nSPS) is 15.3. The number of furan rings is 1. The van der Waals surface area contributed by atoms with Gasteiger partial charge in [0.2, 0.25) is 0 Å². The summed E-state index contributed by atoms with van der Waals surface area (Å²) in [6, 6.07) is 17.2. The van der Waals surface area contributed by atoms with Gasteiger partial charge in [0.25, 0.3) is 11.8 Å². The lowest BCUT2D eigenvalue weighted by Gasteiger charge is -2.26. The average molecular weight is 415 g/mol. The molecule has 0 bridgehead atoms. The topological polar surface area (TPSA) is 120 Å². The van der Waals surface area contributed by atoms with Gasteiger partial charge in [0.05, 0.1) is 12.5 Å². The molecule has 0 unspecified atom stereocenters. The van der Waals surface area contributed by atoms with Crippen molar-refractivity contribution in [2.75, 3.05) is 0 Å². The molecule has 1 saturated heterocycles. The SMILES string of the molecule is O=C1NC(=O)N(Cc2ccccc2)C(=O)/C1=C/c1ccc(-c2cccc(C(=O)[O-])c2)o1. The fourth-order valence-electron chi connectivity index (χ4n) is 3.13. The molecule has 1 aliphatic rings. The van der Waals surface area contributed by atoms with Gasteiger partial charge in [0.15, 0.2) is 0 Å². The van der Waals surface area contributed by atoms with Gasteiger partial charge < -0.3 is 14.3 Å². The fraction of sp³-hybridized carbons (Fsp3) is 0.0435. The first-order chi connectivity index (χ1) is 14.9. The number of aromatic carboxylic acids is 1. The molecule has 2 aromatic carbocycles. The molecule has 3 aromatic rings. The molecule has 8 nitrogen and oxygen atoms in total. The highest BCUT2D eigenvalue weighted by molar-refractivity contribution is 6.30.